The van der Waals surface area contributed by atoms with Crippen molar-refractivity contribution < 1.29 is 0 Å². The molecule has 0 N–H and O–H groups in total. The highest BCUT2D eigenvalue weighted by atomic mass is 35.5. The number of aromatic nitrogens is 2. The Kier molecular flexibility index (Phi) is 2.44. The minimum absolute atomic E-state index is 0.234. The van der Waals surface area contributed by atoms with Crippen LogP contribution in [0.1, 0.15) is 11.3 Å². The summed E-state index contributed by atoms with van der Waals surface area (Å²) in [6, 6.07) is 9.83. The molecule has 3 nitrogen and oxygen atoms in total. The number of hydrogen-bond acceptors (Lipinski definition) is 2. The van der Waals surface area contributed by atoms with Gasteiger partial charge < -0.3 is 0 Å². The van der Waals surface area contributed by atoms with Gasteiger partial charge >= 0.3 is 0 Å². The maximum absolute atomic E-state index is 8.91. The lowest BCUT2D eigenvalue weighted by atomic mass is 10.2. The van der Waals surface area contributed by atoms with Gasteiger partial charge in [-0.05, 0) is 19.1 Å². The van der Waals surface area contributed by atoms with Gasteiger partial charge in [0.2, 0.25) is 0 Å². The summed E-state index contributed by atoms with van der Waals surface area (Å²) in [5, 5.41) is 9.14. The summed E-state index contributed by atoms with van der Waals surface area (Å²) in [5.41, 5.74) is 2.42. The average molecular weight is 218 g/mol. The molecule has 1 heterocycles. The van der Waals surface area contributed by atoms with E-state index in [0.717, 1.165) is 5.69 Å². The maximum Gasteiger partial charge on any atom is 0.165 e. The van der Waals surface area contributed by atoms with E-state index < -0.39 is 0 Å². The van der Waals surface area contributed by atoms with Gasteiger partial charge in [0.1, 0.15) is 12.4 Å². The van der Waals surface area contributed by atoms with E-state index in [-0.39, 0.29) is 5.15 Å². The molecular weight excluding hydrogens is 210 g/mol. The zero-order chi connectivity index (χ0) is 10.8. The largest absolute Gasteiger partial charge is 0.289 e. The standard InChI is InChI=1S/C11H8ClN3/c1-8-2-4-9(5-3-8)15-7-14-11(12)10(15)6-13/h2-5,7H,1H3. The minimum atomic E-state index is 0.234. The van der Waals surface area contributed by atoms with Crippen LogP contribution in [0, 0.1) is 18.3 Å². The van der Waals surface area contributed by atoms with Gasteiger partial charge in [-0.3, -0.25) is 4.57 Å². The van der Waals surface area contributed by atoms with Gasteiger partial charge in [-0.15, -0.1) is 0 Å². The first-order chi connectivity index (χ1) is 7.22. The second-order valence-electron chi connectivity index (χ2n) is 3.20. The third-order valence-electron chi connectivity index (χ3n) is 2.14. The SMILES string of the molecule is Cc1ccc(-n2cnc(Cl)c2C#N)cc1. The van der Waals surface area contributed by atoms with Crippen LogP contribution in [-0.2, 0) is 0 Å². The zero-order valence-corrected chi connectivity index (χ0v) is 8.86. The van der Waals surface area contributed by atoms with Gasteiger partial charge in [-0.1, -0.05) is 29.3 Å². The van der Waals surface area contributed by atoms with E-state index in [4.69, 9.17) is 16.9 Å². The van der Waals surface area contributed by atoms with Crippen molar-refractivity contribution >= 4 is 11.6 Å². The number of halogens is 1. The topological polar surface area (TPSA) is 41.6 Å². The Labute approximate surface area is 92.6 Å². The first-order valence-electron chi connectivity index (χ1n) is 4.42. The molecule has 0 bridgehead atoms. The number of rotatable bonds is 1. The van der Waals surface area contributed by atoms with E-state index in [1.165, 1.54) is 5.56 Å². The number of benzene rings is 1. The summed E-state index contributed by atoms with van der Waals surface area (Å²) in [5.74, 6) is 0. The molecule has 4 heteroatoms. The second-order valence-corrected chi connectivity index (χ2v) is 3.56. The molecule has 0 radical (unpaired) electrons. The number of nitriles is 1. The first kappa shape index (κ1) is 9.75. The monoisotopic (exact) mass is 217 g/mol. The molecule has 2 rings (SSSR count). The minimum Gasteiger partial charge on any atom is -0.289 e. The second kappa shape index (κ2) is 3.76. The van der Waals surface area contributed by atoms with E-state index in [1.807, 2.05) is 37.3 Å². The molecule has 0 saturated heterocycles. The van der Waals surface area contributed by atoms with Crippen molar-refractivity contribution in [1.82, 2.24) is 9.55 Å². The molecule has 0 aliphatic carbocycles. The van der Waals surface area contributed by atoms with Crippen LogP contribution in [0.15, 0.2) is 30.6 Å². The van der Waals surface area contributed by atoms with Crippen LogP contribution in [0.3, 0.4) is 0 Å². The van der Waals surface area contributed by atoms with Crippen LogP contribution < -0.4 is 0 Å². The lowest BCUT2D eigenvalue weighted by Crippen LogP contribution is -1.95. The van der Waals surface area contributed by atoms with E-state index in [0.29, 0.717) is 5.69 Å². The molecule has 2 aromatic rings. The van der Waals surface area contributed by atoms with E-state index in [9.17, 15) is 0 Å². The Hall–Kier alpha value is -1.79. The van der Waals surface area contributed by atoms with Crippen LogP contribution in [0.4, 0.5) is 0 Å². The highest BCUT2D eigenvalue weighted by Crippen LogP contribution is 2.17. The molecule has 0 aliphatic heterocycles. The molecule has 0 saturated carbocycles. The van der Waals surface area contributed by atoms with Crippen LogP contribution in [-0.4, -0.2) is 9.55 Å². The van der Waals surface area contributed by atoms with Crippen molar-refractivity contribution in [2.75, 3.05) is 0 Å². The van der Waals surface area contributed by atoms with Crippen LogP contribution in [0.5, 0.6) is 0 Å². The van der Waals surface area contributed by atoms with Crippen LogP contribution >= 0.6 is 11.6 Å². The summed E-state index contributed by atoms with van der Waals surface area (Å²) < 4.78 is 1.67. The molecule has 74 valence electrons. The molecular formula is C11H8ClN3. The Morgan fingerprint density at radius 3 is 2.60 bits per heavy atom. The predicted molar refractivity (Wildman–Crippen MR) is 58.0 cm³/mol. The van der Waals surface area contributed by atoms with Gasteiger partial charge in [0.15, 0.2) is 10.8 Å². The highest BCUT2D eigenvalue weighted by molar-refractivity contribution is 6.30. The zero-order valence-electron chi connectivity index (χ0n) is 8.11. The number of nitrogens with zero attached hydrogens (tertiary/aromatic N) is 3. The normalized spacial score (nSPS) is 9.93. The summed E-state index contributed by atoms with van der Waals surface area (Å²) in [6.07, 6.45) is 1.55. The molecule has 1 aromatic heterocycles. The number of imidazole rings is 1. The molecule has 0 fully saturated rings. The molecule has 0 unspecified atom stereocenters. The first-order valence-corrected chi connectivity index (χ1v) is 4.80. The Morgan fingerprint density at radius 1 is 1.33 bits per heavy atom. The van der Waals surface area contributed by atoms with Gasteiger partial charge in [0.25, 0.3) is 0 Å². The molecule has 0 aliphatic rings. The fraction of sp³-hybridized carbons (Fsp3) is 0.0909. The summed E-state index contributed by atoms with van der Waals surface area (Å²) >= 11 is 5.77. The van der Waals surface area contributed by atoms with E-state index in [2.05, 4.69) is 4.98 Å². The third-order valence-corrected chi connectivity index (χ3v) is 2.42. The van der Waals surface area contributed by atoms with Crippen molar-refractivity contribution in [3.8, 4) is 11.8 Å². The van der Waals surface area contributed by atoms with Crippen LogP contribution in [0.2, 0.25) is 5.15 Å². The predicted octanol–water partition coefficient (Wildman–Crippen LogP) is 2.71. The third kappa shape index (κ3) is 1.72. The van der Waals surface area contributed by atoms with Crippen molar-refractivity contribution in [1.29, 1.82) is 5.26 Å². The van der Waals surface area contributed by atoms with Crippen molar-refractivity contribution in [2.24, 2.45) is 0 Å². The quantitative estimate of drug-likeness (QED) is 0.737. The van der Waals surface area contributed by atoms with Crippen molar-refractivity contribution in [2.45, 2.75) is 6.92 Å². The summed E-state index contributed by atoms with van der Waals surface area (Å²) in [7, 11) is 0. The molecule has 15 heavy (non-hydrogen) atoms. The maximum atomic E-state index is 8.91. The summed E-state index contributed by atoms with van der Waals surface area (Å²) in [4.78, 5) is 3.89. The lowest BCUT2D eigenvalue weighted by molar-refractivity contribution is 1.03. The van der Waals surface area contributed by atoms with Gasteiger partial charge in [-0.25, -0.2) is 4.98 Å². The van der Waals surface area contributed by atoms with Gasteiger partial charge in [0, 0.05) is 5.69 Å². The van der Waals surface area contributed by atoms with Gasteiger partial charge in [-0.2, -0.15) is 5.26 Å². The molecule has 0 spiro atoms. The summed E-state index contributed by atoms with van der Waals surface area (Å²) in [6.45, 7) is 2.01. The fourth-order valence-electron chi connectivity index (χ4n) is 1.33. The lowest BCUT2D eigenvalue weighted by Gasteiger charge is -2.03. The molecule has 0 atom stereocenters. The van der Waals surface area contributed by atoms with E-state index >= 15 is 0 Å². The number of aryl methyl sites for hydroxylation is 1. The number of hydrogen-bond donors (Lipinski definition) is 0. The fourth-order valence-corrected chi connectivity index (χ4v) is 1.50. The van der Waals surface area contributed by atoms with Crippen molar-refractivity contribution in [3.05, 3.63) is 47.0 Å². The Balaban J connectivity index is 2.55. The smallest absolute Gasteiger partial charge is 0.165 e. The Morgan fingerprint density at radius 2 is 2.00 bits per heavy atom. The average Bonchev–Trinajstić information content (AvgIpc) is 2.61. The van der Waals surface area contributed by atoms with E-state index in [1.54, 1.807) is 10.9 Å². The van der Waals surface area contributed by atoms with Crippen molar-refractivity contribution in [3.63, 3.8) is 0 Å². The molecule has 0 amide bonds. The van der Waals surface area contributed by atoms with Gasteiger partial charge in [0.05, 0.1) is 0 Å². The molecule has 1 aromatic carbocycles. The Bertz CT molecular complexity index is 520. The van der Waals surface area contributed by atoms with Crippen LogP contribution in [0.25, 0.3) is 5.69 Å². The highest BCUT2D eigenvalue weighted by Gasteiger charge is 2.08.